The molecule has 2 saturated heterocycles. The summed E-state index contributed by atoms with van der Waals surface area (Å²) in [4.78, 5) is 21.0. The second-order valence-electron chi connectivity index (χ2n) is 21.5. The summed E-state index contributed by atoms with van der Waals surface area (Å²) >= 11 is 9.75. The smallest absolute Gasteiger partial charge is 0.225 e. The van der Waals surface area contributed by atoms with E-state index in [2.05, 4.69) is 88.0 Å². The molecule has 0 radical (unpaired) electrons. The molecule has 0 bridgehead atoms. The molecule has 4 aromatic rings. The van der Waals surface area contributed by atoms with Crippen LogP contribution in [-0.2, 0) is 16.6 Å². The molecule has 0 spiro atoms. The maximum absolute atomic E-state index is 14.9. The van der Waals surface area contributed by atoms with E-state index < -0.39 is 29.3 Å². The van der Waals surface area contributed by atoms with Crippen molar-refractivity contribution in [3.63, 3.8) is 0 Å². The van der Waals surface area contributed by atoms with Gasteiger partial charge in [-0.05, 0) is 161 Å². The molecule has 9 nitrogen and oxygen atoms in total. The number of amides is 1. The number of aliphatic hydroxyl groups excluding tert-OH is 1. The van der Waals surface area contributed by atoms with Gasteiger partial charge in [-0.15, -0.1) is 0 Å². The molecule has 442 valence electrons. The summed E-state index contributed by atoms with van der Waals surface area (Å²) in [5, 5.41) is 20.3. The van der Waals surface area contributed by atoms with Crippen LogP contribution in [0.5, 0.6) is 0 Å². The number of anilines is 1. The largest absolute Gasteiger partial charge is 0.393 e. The van der Waals surface area contributed by atoms with Crippen molar-refractivity contribution in [3.8, 4) is 0 Å². The first-order valence-electron chi connectivity index (χ1n) is 29.8. The predicted octanol–water partition coefficient (Wildman–Crippen LogP) is 15.6. The van der Waals surface area contributed by atoms with Crippen molar-refractivity contribution >= 4 is 47.1 Å². The standard InChI is InChI=1S/C31H53FN2OS.C28H31ClF3N5OS.2C2H6/c1-6-28(34-22-24(4)9-8-20-36-34)15-10-23(3)21-33-25(5)30(7-2)31(18-16-29(35)17-19-31)26-11-13-27(32)14-12-26;1-2-9-39-37-8-7-33-15-21(37)4-5-22-26(32)16-35-17-27(22)36-28(38)12-23(19-10-20(30)14-34-13-19)18-3-6-24(29)25(31)11-18;2*1-2/h11-14,23-25,28-30,33,35H,6-10,15-22H2,1-5H3;3,6,10-11,13-14,16-17,21,23,33H,2,4-5,7-9,12,15H2,1H3,(H,36,38);2*1-2H3/t23?,24-,25?,28?,29?,30-,31?;;;/m1.../s1. The number of hydrogen-bond donors (Lipinski definition) is 4. The molecule has 4 heterocycles. The summed E-state index contributed by atoms with van der Waals surface area (Å²) in [6.07, 6.45) is 18.1. The highest BCUT2D eigenvalue weighted by Gasteiger charge is 2.44. The van der Waals surface area contributed by atoms with Crippen LogP contribution in [0.3, 0.4) is 0 Å². The lowest BCUT2D eigenvalue weighted by Gasteiger charge is -2.48. The third-order valence-electron chi connectivity index (χ3n) is 15.9. The number of piperazine rings is 1. The fourth-order valence-electron chi connectivity index (χ4n) is 11.6. The van der Waals surface area contributed by atoms with Crippen LogP contribution >= 0.6 is 35.5 Å². The van der Waals surface area contributed by atoms with Gasteiger partial charge in [-0.2, -0.15) is 0 Å². The van der Waals surface area contributed by atoms with Crippen molar-refractivity contribution in [3.05, 3.63) is 124 Å². The van der Waals surface area contributed by atoms with Gasteiger partial charge in [0.05, 0.1) is 35.4 Å². The van der Waals surface area contributed by atoms with Gasteiger partial charge < -0.3 is 21.1 Å². The lowest BCUT2D eigenvalue weighted by atomic mass is 9.59. The molecule has 5 unspecified atom stereocenters. The van der Waals surface area contributed by atoms with Crippen molar-refractivity contribution in [2.45, 2.75) is 195 Å². The molecule has 16 heteroatoms. The highest BCUT2D eigenvalue weighted by molar-refractivity contribution is 7.97. The van der Waals surface area contributed by atoms with Gasteiger partial charge in [-0.1, -0.05) is 122 Å². The zero-order chi connectivity index (χ0) is 57.9. The van der Waals surface area contributed by atoms with Crippen LogP contribution in [0.1, 0.15) is 181 Å². The van der Waals surface area contributed by atoms with Crippen LogP contribution in [0.2, 0.25) is 5.02 Å². The number of nitrogens with zero attached hydrogens (tertiary/aromatic N) is 4. The molecule has 1 amide bonds. The molecule has 3 fully saturated rings. The SMILES string of the molecule is CC.CC.CCC(CCC(C)CNC(C)[C@@H](CC)C1(c2ccc(F)cc2)CCC(O)CC1)N1C[C@H](C)CCCS1.CCCSN1CCNCC1CCc1c(F)cncc1NC(=O)CC(c1cncc(F)c1)c1ccc(Cl)c(F)c1. The zero-order valence-corrected chi connectivity index (χ0v) is 51.6. The molecule has 2 aromatic heterocycles. The van der Waals surface area contributed by atoms with E-state index in [0.29, 0.717) is 53.5 Å². The molecule has 2 aromatic carbocycles. The monoisotopic (exact) mass is 1160 g/mol. The van der Waals surface area contributed by atoms with E-state index in [1.165, 1.54) is 80.6 Å². The quantitative estimate of drug-likeness (QED) is 0.0424. The molecule has 1 saturated carbocycles. The van der Waals surface area contributed by atoms with Crippen molar-refractivity contribution in [1.82, 2.24) is 29.2 Å². The number of rotatable bonds is 23. The summed E-state index contributed by atoms with van der Waals surface area (Å²) in [5.41, 5.74) is 2.76. The van der Waals surface area contributed by atoms with Gasteiger partial charge in [0, 0.05) is 79.9 Å². The Hall–Kier alpha value is -3.28. The van der Waals surface area contributed by atoms with Crippen molar-refractivity contribution in [1.29, 1.82) is 0 Å². The second kappa shape index (κ2) is 36.3. The molecular weight excluding hydrogens is 1060 g/mol. The van der Waals surface area contributed by atoms with E-state index in [1.54, 1.807) is 18.2 Å². The summed E-state index contributed by atoms with van der Waals surface area (Å²) < 4.78 is 62.0. The second-order valence-corrected chi connectivity index (χ2v) is 24.1. The minimum atomic E-state index is -0.706. The highest BCUT2D eigenvalue weighted by Crippen LogP contribution is 2.48. The molecule has 4 N–H and O–H groups in total. The van der Waals surface area contributed by atoms with E-state index in [4.69, 9.17) is 11.6 Å². The summed E-state index contributed by atoms with van der Waals surface area (Å²) in [5.74, 6) is 1.18. The van der Waals surface area contributed by atoms with Crippen LogP contribution in [0.4, 0.5) is 23.2 Å². The Morgan fingerprint density at radius 1 is 0.899 bits per heavy atom. The Labute approximate surface area is 487 Å². The predicted molar refractivity (Wildman–Crippen MR) is 326 cm³/mol. The first-order chi connectivity index (χ1) is 38.1. The van der Waals surface area contributed by atoms with E-state index in [9.17, 15) is 27.5 Å². The average Bonchev–Trinajstić information content (AvgIpc) is 3.68. The number of aliphatic hydroxyl groups is 1. The maximum Gasteiger partial charge on any atom is 0.225 e. The van der Waals surface area contributed by atoms with Gasteiger partial charge in [0.2, 0.25) is 5.91 Å². The van der Waals surface area contributed by atoms with E-state index in [0.717, 1.165) is 88.8 Å². The van der Waals surface area contributed by atoms with Gasteiger partial charge in [0.15, 0.2) is 0 Å². The molecule has 1 aliphatic carbocycles. The molecule has 7 atom stereocenters. The first kappa shape index (κ1) is 68.2. The third kappa shape index (κ3) is 21.1. The van der Waals surface area contributed by atoms with Crippen LogP contribution in [0.15, 0.2) is 73.3 Å². The molecule has 2 aliphatic heterocycles. The summed E-state index contributed by atoms with van der Waals surface area (Å²) in [7, 11) is 0. The molecule has 79 heavy (non-hydrogen) atoms. The maximum atomic E-state index is 14.9. The third-order valence-corrected chi connectivity index (χ3v) is 18.9. The number of benzene rings is 2. The molecule has 7 rings (SSSR count). The van der Waals surface area contributed by atoms with Crippen molar-refractivity contribution < 1.29 is 27.5 Å². The van der Waals surface area contributed by atoms with Gasteiger partial charge in [0.1, 0.15) is 23.3 Å². The van der Waals surface area contributed by atoms with Crippen LogP contribution < -0.4 is 16.0 Å². The van der Waals surface area contributed by atoms with Crippen LogP contribution in [0, 0.1) is 41.0 Å². The lowest BCUT2D eigenvalue weighted by Crippen LogP contribution is -2.49. The first-order valence-corrected chi connectivity index (χ1v) is 32.1. The van der Waals surface area contributed by atoms with Gasteiger partial charge in [-0.3, -0.25) is 14.8 Å². The number of hydrogen-bond acceptors (Lipinski definition) is 10. The van der Waals surface area contributed by atoms with E-state index in [1.807, 2.05) is 51.8 Å². The number of carbonyl (C=O) groups excluding carboxylic acids is 1. The van der Waals surface area contributed by atoms with Crippen LogP contribution in [-0.4, -0.2) is 98.1 Å². The number of aromatic nitrogens is 2. The molecule has 3 aliphatic rings. The normalized spacial score (nSPS) is 21.7. The lowest BCUT2D eigenvalue weighted by molar-refractivity contribution is -0.116. The summed E-state index contributed by atoms with van der Waals surface area (Å²) in [6.45, 7) is 26.9. The number of halogens is 5. The molecular formula is C63H96ClF4N7O2S2. The van der Waals surface area contributed by atoms with Crippen molar-refractivity contribution in [2.24, 2.45) is 17.8 Å². The Morgan fingerprint density at radius 3 is 2.29 bits per heavy atom. The van der Waals surface area contributed by atoms with Crippen LogP contribution in [0.25, 0.3) is 0 Å². The van der Waals surface area contributed by atoms with Gasteiger partial charge in [-0.25, -0.2) is 26.2 Å². The number of carbonyl (C=O) groups is 1. The fraction of sp³-hybridized carbons (Fsp3) is 0.635. The zero-order valence-electron chi connectivity index (χ0n) is 49.2. The minimum absolute atomic E-state index is 0.00529. The van der Waals surface area contributed by atoms with Gasteiger partial charge >= 0.3 is 0 Å². The number of nitrogens with one attached hydrogen (secondary N) is 3. The topological polar surface area (TPSA) is 106 Å². The minimum Gasteiger partial charge on any atom is -0.393 e. The average molecular weight is 1160 g/mol. The Balaban J connectivity index is 0.000000321. The number of pyridine rings is 2. The Morgan fingerprint density at radius 2 is 1.62 bits per heavy atom. The Bertz CT molecular complexity index is 2350. The Kier molecular flexibility index (Phi) is 31.4. The van der Waals surface area contributed by atoms with E-state index >= 15 is 0 Å². The van der Waals surface area contributed by atoms with Crippen molar-refractivity contribution in [2.75, 3.05) is 49.5 Å². The highest BCUT2D eigenvalue weighted by atomic mass is 35.5. The van der Waals surface area contributed by atoms with Gasteiger partial charge in [0.25, 0.3) is 0 Å². The summed E-state index contributed by atoms with van der Waals surface area (Å²) in [6, 6.07) is 14.0. The van der Waals surface area contributed by atoms with E-state index in [-0.39, 0.29) is 40.5 Å². The fourth-order valence-corrected chi connectivity index (χ4v) is 14.1.